The molecule has 1 aromatic heterocycles. The second-order valence-corrected chi connectivity index (χ2v) is 6.48. The highest BCUT2D eigenvalue weighted by Gasteiger charge is 2.28. The van der Waals surface area contributed by atoms with Gasteiger partial charge in [-0.3, -0.25) is 4.90 Å². The predicted molar refractivity (Wildman–Crippen MR) is 75.5 cm³/mol. The third-order valence-electron chi connectivity index (χ3n) is 3.82. The van der Waals surface area contributed by atoms with Crippen molar-refractivity contribution in [3.8, 4) is 0 Å². The Labute approximate surface area is 109 Å². The first-order valence-corrected chi connectivity index (χ1v) is 7.55. The molecule has 17 heavy (non-hydrogen) atoms. The first-order chi connectivity index (χ1) is 8.22. The molecule has 1 aliphatic heterocycles. The molecule has 1 aromatic rings. The molecule has 0 bridgehead atoms. The molecule has 0 spiro atoms. The number of thiophene rings is 1. The second kappa shape index (κ2) is 5.98. The van der Waals surface area contributed by atoms with Gasteiger partial charge in [-0.25, -0.2) is 0 Å². The van der Waals surface area contributed by atoms with E-state index < -0.39 is 0 Å². The summed E-state index contributed by atoms with van der Waals surface area (Å²) in [5.74, 6) is 0. The molecule has 2 nitrogen and oxygen atoms in total. The molecule has 1 N–H and O–H groups in total. The van der Waals surface area contributed by atoms with Crippen LogP contribution < -0.4 is 5.32 Å². The Balaban J connectivity index is 1.90. The summed E-state index contributed by atoms with van der Waals surface area (Å²) in [5.41, 5.74) is 0.512. The lowest BCUT2D eigenvalue weighted by atomic mass is 9.80. The molecule has 3 heteroatoms. The molecular formula is C14H24N2S. The molecule has 0 aliphatic carbocycles. The van der Waals surface area contributed by atoms with Crippen LogP contribution in [-0.4, -0.2) is 31.1 Å². The monoisotopic (exact) mass is 252 g/mol. The van der Waals surface area contributed by atoms with Gasteiger partial charge in [0.15, 0.2) is 0 Å². The van der Waals surface area contributed by atoms with Crippen LogP contribution in [0.2, 0.25) is 0 Å². The molecular weight excluding hydrogens is 228 g/mol. The zero-order chi connectivity index (χ0) is 12.1. The fraction of sp³-hybridized carbons (Fsp3) is 0.714. The van der Waals surface area contributed by atoms with Gasteiger partial charge < -0.3 is 5.32 Å². The van der Waals surface area contributed by atoms with Gasteiger partial charge in [0.25, 0.3) is 0 Å². The summed E-state index contributed by atoms with van der Waals surface area (Å²) < 4.78 is 0. The van der Waals surface area contributed by atoms with Crippen LogP contribution in [0.25, 0.3) is 0 Å². The summed E-state index contributed by atoms with van der Waals surface area (Å²) in [6, 6.07) is 4.40. The maximum atomic E-state index is 3.46. The van der Waals surface area contributed by atoms with Crippen molar-refractivity contribution < 1.29 is 0 Å². The van der Waals surface area contributed by atoms with Crippen molar-refractivity contribution in [1.82, 2.24) is 10.2 Å². The standard InChI is InChI=1S/C14H24N2S/c1-3-16(11-13-5-4-10-17-13)12-14(2)6-8-15-9-7-14/h4-5,10,15H,3,6-9,11-12H2,1-2H3. The van der Waals surface area contributed by atoms with Gasteiger partial charge in [-0.2, -0.15) is 0 Å². The minimum atomic E-state index is 0.512. The van der Waals surface area contributed by atoms with Crippen molar-refractivity contribution in [3.05, 3.63) is 22.4 Å². The summed E-state index contributed by atoms with van der Waals surface area (Å²) >= 11 is 1.87. The minimum Gasteiger partial charge on any atom is -0.317 e. The number of hydrogen-bond donors (Lipinski definition) is 1. The number of nitrogens with one attached hydrogen (secondary N) is 1. The molecule has 96 valence electrons. The van der Waals surface area contributed by atoms with E-state index in [0.29, 0.717) is 5.41 Å². The topological polar surface area (TPSA) is 15.3 Å². The summed E-state index contributed by atoms with van der Waals surface area (Å²) in [6.45, 7) is 10.6. The summed E-state index contributed by atoms with van der Waals surface area (Å²) in [6.07, 6.45) is 2.63. The second-order valence-electron chi connectivity index (χ2n) is 5.44. The smallest absolute Gasteiger partial charge is 0.0328 e. The van der Waals surface area contributed by atoms with Crippen LogP contribution >= 0.6 is 11.3 Å². The third kappa shape index (κ3) is 3.80. The SMILES string of the molecule is CCN(Cc1cccs1)CC1(C)CCNCC1. The van der Waals surface area contributed by atoms with Crippen LogP contribution in [0.1, 0.15) is 31.6 Å². The quantitative estimate of drug-likeness (QED) is 0.867. The molecule has 2 heterocycles. The molecule has 1 saturated heterocycles. The van der Waals surface area contributed by atoms with Gasteiger partial charge in [0.05, 0.1) is 0 Å². The highest BCUT2D eigenvalue weighted by molar-refractivity contribution is 7.09. The predicted octanol–water partition coefficient (Wildman–Crippen LogP) is 2.96. The first kappa shape index (κ1) is 13.1. The van der Waals surface area contributed by atoms with Crippen molar-refractivity contribution in [2.24, 2.45) is 5.41 Å². The van der Waals surface area contributed by atoms with E-state index in [1.54, 1.807) is 0 Å². The van der Waals surface area contributed by atoms with Gasteiger partial charge in [0.1, 0.15) is 0 Å². The lowest BCUT2D eigenvalue weighted by Gasteiger charge is -2.38. The summed E-state index contributed by atoms with van der Waals surface area (Å²) in [4.78, 5) is 4.08. The third-order valence-corrected chi connectivity index (χ3v) is 4.68. The average molecular weight is 252 g/mol. The van der Waals surface area contributed by atoms with Gasteiger partial charge in [-0.1, -0.05) is 19.9 Å². The van der Waals surface area contributed by atoms with E-state index in [9.17, 15) is 0 Å². The Kier molecular flexibility index (Phi) is 4.60. The van der Waals surface area contributed by atoms with E-state index in [0.717, 1.165) is 13.1 Å². The van der Waals surface area contributed by atoms with Crippen LogP contribution in [0.4, 0.5) is 0 Å². The van der Waals surface area contributed by atoms with E-state index in [1.807, 2.05) is 11.3 Å². The summed E-state index contributed by atoms with van der Waals surface area (Å²) in [5, 5.41) is 5.64. The molecule has 0 saturated carbocycles. The fourth-order valence-corrected chi connectivity index (χ4v) is 3.38. The van der Waals surface area contributed by atoms with Gasteiger partial charge in [-0.05, 0) is 49.3 Å². The first-order valence-electron chi connectivity index (χ1n) is 6.67. The normalized spacial score (nSPS) is 19.7. The van der Waals surface area contributed by atoms with Gasteiger partial charge >= 0.3 is 0 Å². The maximum absolute atomic E-state index is 3.46. The highest BCUT2D eigenvalue weighted by atomic mass is 32.1. The Morgan fingerprint density at radius 3 is 2.76 bits per heavy atom. The Bertz CT molecular complexity index is 315. The Hall–Kier alpha value is -0.380. The molecule has 2 rings (SSSR count). The molecule has 1 fully saturated rings. The molecule has 1 aliphatic rings. The molecule has 0 amide bonds. The van der Waals surface area contributed by atoms with E-state index >= 15 is 0 Å². The fourth-order valence-electron chi connectivity index (χ4n) is 2.63. The summed E-state index contributed by atoms with van der Waals surface area (Å²) in [7, 11) is 0. The van der Waals surface area contributed by atoms with Crippen LogP contribution in [0.15, 0.2) is 17.5 Å². The van der Waals surface area contributed by atoms with E-state index in [4.69, 9.17) is 0 Å². The Morgan fingerprint density at radius 1 is 1.41 bits per heavy atom. The van der Waals surface area contributed by atoms with Crippen LogP contribution in [0.3, 0.4) is 0 Å². The van der Waals surface area contributed by atoms with Gasteiger partial charge in [-0.15, -0.1) is 11.3 Å². The Morgan fingerprint density at radius 2 is 2.18 bits per heavy atom. The molecule has 0 aromatic carbocycles. The molecule has 0 atom stereocenters. The van der Waals surface area contributed by atoms with E-state index in [-0.39, 0.29) is 0 Å². The molecule has 0 unspecified atom stereocenters. The average Bonchev–Trinajstić information content (AvgIpc) is 2.81. The van der Waals surface area contributed by atoms with E-state index in [2.05, 4.69) is 41.6 Å². The van der Waals surface area contributed by atoms with Crippen molar-refractivity contribution >= 4 is 11.3 Å². The van der Waals surface area contributed by atoms with Gasteiger partial charge in [0.2, 0.25) is 0 Å². The van der Waals surface area contributed by atoms with Crippen molar-refractivity contribution in [2.45, 2.75) is 33.2 Å². The van der Waals surface area contributed by atoms with Crippen molar-refractivity contribution in [1.29, 1.82) is 0 Å². The number of nitrogens with zero attached hydrogens (tertiary/aromatic N) is 1. The number of rotatable bonds is 5. The molecule has 0 radical (unpaired) electrons. The lowest BCUT2D eigenvalue weighted by molar-refractivity contribution is 0.128. The largest absolute Gasteiger partial charge is 0.317 e. The lowest BCUT2D eigenvalue weighted by Crippen LogP contribution is -2.42. The van der Waals surface area contributed by atoms with Crippen LogP contribution in [0.5, 0.6) is 0 Å². The van der Waals surface area contributed by atoms with Crippen molar-refractivity contribution in [2.75, 3.05) is 26.2 Å². The zero-order valence-electron chi connectivity index (χ0n) is 11.0. The van der Waals surface area contributed by atoms with Gasteiger partial charge in [0, 0.05) is 18.0 Å². The van der Waals surface area contributed by atoms with Crippen LogP contribution in [-0.2, 0) is 6.54 Å². The maximum Gasteiger partial charge on any atom is 0.0328 e. The highest BCUT2D eigenvalue weighted by Crippen LogP contribution is 2.29. The van der Waals surface area contributed by atoms with E-state index in [1.165, 1.54) is 37.4 Å². The number of hydrogen-bond acceptors (Lipinski definition) is 3. The van der Waals surface area contributed by atoms with Crippen LogP contribution in [0, 0.1) is 5.41 Å². The number of piperidine rings is 1. The minimum absolute atomic E-state index is 0.512. The van der Waals surface area contributed by atoms with Crippen molar-refractivity contribution in [3.63, 3.8) is 0 Å². The zero-order valence-corrected chi connectivity index (χ0v) is 11.9.